The molecule has 2 aliphatic heterocycles. The van der Waals surface area contributed by atoms with E-state index in [1.54, 1.807) is 22.3 Å². The number of methoxy groups -OCH3 is 1. The lowest BCUT2D eigenvalue weighted by Crippen LogP contribution is -2.55. The van der Waals surface area contributed by atoms with E-state index in [0.717, 1.165) is 12.6 Å². The Morgan fingerprint density at radius 3 is 2.92 bits per heavy atom. The number of hydrogen-bond donors (Lipinski definition) is 2. The summed E-state index contributed by atoms with van der Waals surface area (Å²) in [4.78, 5) is 32.9. The molecule has 2 atom stereocenters. The molecule has 15 heteroatoms. The van der Waals surface area contributed by atoms with Crippen LogP contribution in [0.5, 0.6) is 5.75 Å². The van der Waals surface area contributed by atoms with Gasteiger partial charge in [-0.1, -0.05) is 11.6 Å². The molecular weight excluding hydrogens is 533 g/mol. The summed E-state index contributed by atoms with van der Waals surface area (Å²) in [6.07, 6.45) is -1.59. The van der Waals surface area contributed by atoms with Crippen molar-refractivity contribution in [2.24, 2.45) is 0 Å². The van der Waals surface area contributed by atoms with Crippen LogP contribution in [-0.4, -0.2) is 91.2 Å². The van der Waals surface area contributed by atoms with Gasteiger partial charge < -0.3 is 29.3 Å². The summed E-state index contributed by atoms with van der Waals surface area (Å²) in [5, 5.41) is 8.34. The number of nitrogens with zero attached hydrogens (tertiary/aromatic N) is 4. The van der Waals surface area contributed by atoms with Crippen molar-refractivity contribution in [1.82, 2.24) is 20.1 Å². The molecule has 0 bridgehead atoms. The van der Waals surface area contributed by atoms with Crippen molar-refractivity contribution in [3.63, 3.8) is 0 Å². The maximum absolute atomic E-state index is 13.3. The van der Waals surface area contributed by atoms with Gasteiger partial charge in [0.1, 0.15) is 5.56 Å². The van der Waals surface area contributed by atoms with Gasteiger partial charge in [0, 0.05) is 45.4 Å². The van der Waals surface area contributed by atoms with E-state index in [9.17, 15) is 22.8 Å². The number of aromatic amines is 1. The summed E-state index contributed by atoms with van der Waals surface area (Å²) in [5.41, 5.74) is -3.21. The highest BCUT2D eigenvalue weighted by atomic mass is 35.5. The highest BCUT2D eigenvalue weighted by molar-refractivity contribution is 6.30. The van der Waals surface area contributed by atoms with Crippen molar-refractivity contribution in [2.45, 2.75) is 31.1 Å². The summed E-state index contributed by atoms with van der Waals surface area (Å²) in [6.45, 7) is 2.10. The summed E-state index contributed by atoms with van der Waals surface area (Å²) in [7, 11) is 1.39. The molecule has 0 unspecified atom stereocenters. The van der Waals surface area contributed by atoms with Crippen molar-refractivity contribution in [2.75, 3.05) is 63.4 Å². The number of nitrogens with one attached hydrogen (secondary N) is 2. The SMILES string of the molecule is COC[C@@H](COCCC(=O)N1CCN2c3ncc(Cl)cc3OCC[C@H]2C1)Nc1cn[nH]c(=O)c1C(F)(F)F. The summed E-state index contributed by atoms with van der Waals surface area (Å²) in [5.74, 6) is 1.26. The Morgan fingerprint density at radius 1 is 1.34 bits per heavy atom. The van der Waals surface area contributed by atoms with E-state index in [1.165, 1.54) is 7.11 Å². The molecule has 2 aliphatic rings. The number of carbonyl (C=O) groups excluding carboxylic acids is 1. The third-order valence-electron chi connectivity index (χ3n) is 6.26. The zero-order valence-corrected chi connectivity index (χ0v) is 21.3. The number of anilines is 2. The van der Waals surface area contributed by atoms with Crippen LogP contribution < -0.4 is 20.5 Å². The number of rotatable bonds is 9. The van der Waals surface area contributed by atoms with Gasteiger partial charge in [0.2, 0.25) is 5.91 Å². The van der Waals surface area contributed by atoms with E-state index in [-0.39, 0.29) is 38.2 Å². The molecule has 4 heterocycles. The number of pyridine rings is 1. The molecule has 11 nitrogen and oxygen atoms in total. The fraction of sp³-hybridized carbons (Fsp3) is 0.565. The number of alkyl halides is 3. The van der Waals surface area contributed by atoms with Crippen LogP contribution >= 0.6 is 11.6 Å². The fourth-order valence-electron chi connectivity index (χ4n) is 4.53. The Balaban J connectivity index is 1.28. The maximum Gasteiger partial charge on any atom is 0.423 e. The molecule has 0 aromatic carbocycles. The van der Waals surface area contributed by atoms with Gasteiger partial charge >= 0.3 is 6.18 Å². The molecule has 38 heavy (non-hydrogen) atoms. The van der Waals surface area contributed by atoms with Crippen LogP contribution in [0.25, 0.3) is 0 Å². The normalized spacial score (nSPS) is 18.2. The highest BCUT2D eigenvalue weighted by Crippen LogP contribution is 2.35. The molecular formula is C23H28ClF3N6O5. The number of amides is 1. The molecule has 2 aromatic heterocycles. The number of halogens is 4. The number of piperazine rings is 1. The second-order valence-electron chi connectivity index (χ2n) is 8.91. The lowest BCUT2D eigenvalue weighted by atomic mass is 10.1. The van der Waals surface area contributed by atoms with E-state index in [0.29, 0.717) is 42.8 Å². The van der Waals surface area contributed by atoms with E-state index in [2.05, 4.69) is 20.3 Å². The Bertz CT molecular complexity index is 1180. The third kappa shape index (κ3) is 6.66. The minimum Gasteiger partial charge on any atom is -0.490 e. The third-order valence-corrected chi connectivity index (χ3v) is 6.47. The first-order valence-corrected chi connectivity index (χ1v) is 12.4. The van der Waals surface area contributed by atoms with Crippen molar-refractivity contribution >= 4 is 29.0 Å². The Morgan fingerprint density at radius 2 is 2.16 bits per heavy atom. The molecule has 2 aromatic rings. The van der Waals surface area contributed by atoms with Crippen LogP contribution in [0.4, 0.5) is 24.7 Å². The molecule has 0 saturated carbocycles. The molecule has 0 radical (unpaired) electrons. The van der Waals surface area contributed by atoms with E-state index >= 15 is 0 Å². The Kier molecular flexibility index (Phi) is 8.95. The van der Waals surface area contributed by atoms with Crippen molar-refractivity contribution < 1.29 is 32.2 Å². The molecule has 4 rings (SSSR count). The minimum absolute atomic E-state index is 0.00444. The number of H-pyrrole nitrogens is 1. The van der Waals surface area contributed by atoms with Gasteiger partial charge in [-0.05, 0) is 0 Å². The lowest BCUT2D eigenvalue weighted by Gasteiger charge is -2.41. The Labute approximate surface area is 221 Å². The van der Waals surface area contributed by atoms with Gasteiger partial charge in [0.05, 0.1) is 61.8 Å². The summed E-state index contributed by atoms with van der Waals surface area (Å²) >= 11 is 6.04. The van der Waals surface area contributed by atoms with Crippen molar-refractivity contribution in [1.29, 1.82) is 0 Å². The first-order chi connectivity index (χ1) is 18.2. The number of aromatic nitrogens is 3. The van der Waals surface area contributed by atoms with E-state index < -0.39 is 29.0 Å². The molecule has 1 fully saturated rings. The molecule has 208 valence electrons. The standard InChI is InChI=1S/C23H28ClF3N6O5/c1-36-12-15(30-17-10-29-31-22(35)20(17)23(25,26)27)13-37-6-3-19(34)32-4-5-33-16(11-32)2-7-38-18-8-14(24)9-28-21(18)33/h8-10,15-16H,2-7,11-13H2,1H3,(H2,30,31,35)/t15-,16-/m0/s1. The quantitative estimate of drug-likeness (QED) is 0.444. The van der Waals surface area contributed by atoms with Crippen molar-refractivity contribution in [3.8, 4) is 5.75 Å². The second kappa shape index (κ2) is 12.2. The number of hydrogen-bond acceptors (Lipinski definition) is 9. The largest absolute Gasteiger partial charge is 0.490 e. The average molecular weight is 561 g/mol. The smallest absolute Gasteiger partial charge is 0.423 e. The minimum atomic E-state index is -4.87. The number of carbonyl (C=O) groups is 1. The number of ether oxygens (including phenoxy) is 3. The van der Waals surface area contributed by atoms with Crippen LogP contribution in [0.15, 0.2) is 23.3 Å². The van der Waals surface area contributed by atoms with Gasteiger partial charge in [0.15, 0.2) is 11.6 Å². The zero-order chi connectivity index (χ0) is 27.3. The Hall–Kier alpha value is -3.10. The highest BCUT2D eigenvalue weighted by Gasteiger charge is 2.38. The predicted molar refractivity (Wildman–Crippen MR) is 132 cm³/mol. The monoisotopic (exact) mass is 560 g/mol. The van der Waals surface area contributed by atoms with E-state index in [4.69, 9.17) is 25.8 Å². The van der Waals surface area contributed by atoms with Crippen LogP contribution in [0.1, 0.15) is 18.4 Å². The zero-order valence-electron chi connectivity index (χ0n) is 20.6. The van der Waals surface area contributed by atoms with Gasteiger partial charge in [-0.3, -0.25) is 9.59 Å². The van der Waals surface area contributed by atoms with Crippen molar-refractivity contribution in [3.05, 3.63) is 39.4 Å². The summed E-state index contributed by atoms with van der Waals surface area (Å²) in [6, 6.07) is 1.07. The van der Waals surface area contributed by atoms with Gasteiger partial charge in [-0.25, -0.2) is 10.1 Å². The second-order valence-corrected chi connectivity index (χ2v) is 9.34. The summed E-state index contributed by atoms with van der Waals surface area (Å²) < 4.78 is 56.4. The van der Waals surface area contributed by atoms with Gasteiger partial charge in [-0.2, -0.15) is 18.3 Å². The van der Waals surface area contributed by atoms with Crippen LogP contribution in [-0.2, 0) is 20.4 Å². The van der Waals surface area contributed by atoms with Crippen LogP contribution in [0, 0.1) is 0 Å². The van der Waals surface area contributed by atoms with Crippen LogP contribution in [0.3, 0.4) is 0 Å². The van der Waals surface area contributed by atoms with Crippen LogP contribution in [0.2, 0.25) is 5.02 Å². The van der Waals surface area contributed by atoms with Gasteiger partial charge in [0.25, 0.3) is 5.56 Å². The molecule has 1 saturated heterocycles. The van der Waals surface area contributed by atoms with E-state index in [1.807, 2.05) is 0 Å². The topological polar surface area (TPSA) is 122 Å². The molecule has 0 aliphatic carbocycles. The number of fused-ring (bicyclic) bond motifs is 3. The lowest BCUT2D eigenvalue weighted by molar-refractivity contribution is -0.138. The predicted octanol–water partition coefficient (Wildman–Crippen LogP) is 2.17. The average Bonchev–Trinajstić information content (AvgIpc) is 3.04. The van der Waals surface area contributed by atoms with Gasteiger partial charge in [-0.15, -0.1) is 0 Å². The maximum atomic E-state index is 13.3. The fourth-order valence-corrected chi connectivity index (χ4v) is 4.68. The first kappa shape index (κ1) is 27.9. The molecule has 1 amide bonds. The molecule has 2 N–H and O–H groups in total. The molecule has 0 spiro atoms. The first-order valence-electron chi connectivity index (χ1n) is 12.0.